The van der Waals surface area contributed by atoms with Crippen molar-refractivity contribution in [2.24, 2.45) is 5.92 Å². The molecule has 0 aliphatic carbocycles. The average molecular weight is 263 g/mol. The van der Waals surface area contributed by atoms with Crippen LogP contribution in [0.4, 0.5) is 0 Å². The highest BCUT2D eigenvalue weighted by Gasteiger charge is 2.21. The maximum atomic E-state index is 11.5. The fraction of sp³-hybridized carbons (Fsp3) is 0.636. The van der Waals surface area contributed by atoms with Crippen LogP contribution in [0.5, 0.6) is 0 Å². The number of carbonyl (C=O) groups excluding carboxylic acids is 2. The fourth-order valence-corrected chi connectivity index (χ4v) is 2.86. The number of hydrogen-bond acceptors (Lipinski definition) is 4. The number of esters is 1. The lowest BCUT2D eigenvalue weighted by molar-refractivity contribution is -0.137. The second kappa shape index (κ2) is 6.97. The van der Waals surface area contributed by atoms with Crippen molar-refractivity contribution in [1.82, 2.24) is 0 Å². The Balaban J connectivity index is 2.77. The van der Waals surface area contributed by atoms with Crippen molar-refractivity contribution in [2.45, 2.75) is 12.8 Å². The summed E-state index contributed by atoms with van der Waals surface area (Å²) in [6.07, 6.45) is 3.73. The normalized spacial score (nSPS) is 18.2. The van der Waals surface area contributed by atoms with E-state index in [1.165, 1.54) is 7.11 Å². The molecule has 0 aromatic carbocycles. The maximum absolute atomic E-state index is 11.5. The Hall–Kier alpha value is -0.480. The summed E-state index contributed by atoms with van der Waals surface area (Å²) in [5.74, 6) is 1.33. The third kappa shape index (κ3) is 3.83. The number of Topliss-reactive ketones (excluding diaryl/α,β-unsaturated/α-hetero) is 1. The van der Waals surface area contributed by atoms with E-state index >= 15 is 0 Å². The molecule has 0 bridgehead atoms. The van der Waals surface area contributed by atoms with Crippen molar-refractivity contribution in [3.8, 4) is 0 Å². The Bertz CT molecular complexity index is 278. The Morgan fingerprint density at radius 1 is 1.44 bits per heavy atom. The first-order chi connectivity index (χ1) is 7.69. The predicted molar refractivity (Wildman–Crippen MR) is 65.9 cm³/mol. The number of ketones is 1. The van der Waals surface area contributed by atoms with E-state index < -0.39 is 5.97 Å². The van der Waals surface area contributed by atoms with Gasteiger partial charge in [0.15, 0.2) is 5.78 Å². The maximum Gasteiger partial charge on any atom is 0.341 e. The molecular weight excluding hydrogens is 248 g/mol. The molecule has 0 atom stereocenters. The highest BCUT2D eigenvalue weighted by Crippen LogP contribution is 2.25. The van der Waals surface area contributed by atoms with Gasteiger partial charge in [0.1, 0.15) is 5.57 Å². The van der Waals surface area contributed by atoms with Gasteiger partial charge in [0.2, 0.25) is 0 Å². The number of halogens is 1. The van der Waals surface area contributed by atoms with Gasteiger partial charge in [-0.2, -0.15) is 11.8 Å². The van der Waals surface area contributed by atoms with Gasteiger partial charge in [-0.05, 0) is 30.3 Å². The van der Waals surface area contributed by atoms with Crippen molar-refractivity contribution >= 4 is 35.1 Å². The molecule has 1 aliphatic rings. The summed E-state index contributed by atoms with van der Waals surface area (Å²) >= 11 is 7.36. The molecule has 5 heteroatoms. The summed E-state index contributed by atoms with van der Waals surface area (Å²) in [6, 6.07) is 0. The number of thioether (sulfide) groups is 1. The molecule has 0 N–H and O–H groups in total. The van der Waals surface area contributed by atoms with Crippen LogP contribution in [0.25, 0.3) is 0 Å². The summed E-state index contributed by atoms with van der Waals surface area (Å²) in [4.78, 5) is 22.9. The minimum atomic E-state index is -0.580. The van der Waals surface area contributed by atoms with E-state index in [1.807, 2.05) is 11.8 Å². The van der Waals surface area contributed by atoms with Crippen molar-refractivity contribution in [3.63, 3.8) is 0 Å². The molecule has 1 saturated heterocycles. The number of hydrogen-bond donors (Lipinski definition) is 0. The van der Waals surface area contributed by atoms with E-state index in [-0.39, 0.29) is 17.2 Å². The Morgan fingerprint density at radius 2 is 2.06 bits per heavy atom. The summed E-state index contributed by atoms with van der Waals surface area (Å²) in [5, 5.41) is 0. The summed E-state index contributed by atoms with van der Waals surface area (Å²) < 4.78 is 4.58. The van der Waals surface area contributed by atoms with Gasteiger partial charge in [-0.1, -0.05) is 6.08 Å². The first-order valence-electron chi connectivity index (χ1n) is 5.16. The molecule has 0 aromatic heterocycles. The van der Waals surface area contributed by atoms with Crippen LogP contribution in [0.2, 0.25) is 0 Å². The third-order valence-corrected chi connectivity index (χ3v) is 3.79. The predicted octanol–water partition coefficient (Wildman–Crippen LogP) is 2.04. The number of methoxy groups -OCH3 is 1. The molecular formula is C11H15ClO3S. The highest BCUT2D eigenvalue weighted by atomic mass is 35.5. The Kier molecular flexibility index (Phi) is 5.91. The average Bonchev–Trinajstić information content (AvgIpc) is 2.35. The minimum absolute atomic E-state index is 0.106. The van der Waals surface area contributed by atoms with Crippen LogP contribution in [0.15, 0.2) is 11.6 Å². The second-order valence-electron chi connectivity index (χ2n) is 3.58. The lowest BCUT2D eigenvalue weighted by Gasteiger charge is -2.18. The van der Waals surface area contributed by atoms with Crippen molar-refractivity contribution < 1.29 is 14.3 Å². The molecule has 1 aliphatic heterocycles. The van der Waals surface area contributed by atoms with Crippen molar-refractivity contribution in [3.05, 3.63) is 11.6 Å². The van der Waals surface area contributed by atoms with E-state index in [2.05, 4.69) is 4.74 Å². The van der Waals surface area contributed by atoms with E-state index in [1.54, 1.807) is 6.08 Å². The van der Waals surface area contributed by atoms with Gasteiger partial charge in [-0.25, -0.2) is 4.79 Å². The molecule has 1 rings (SSSR count). The smallest absolute Gasteiger partial charge is 0.341 e. The topological polar surface area (TPSA) is 43.4 Å². The second-order valence-corrected chi connectivity index (χ2v) is 5.07. The lowest BCUT2D eigenvalue weighted by atomic mass is 9.98. The van der Waals surface area contributed by atoms with Gasteiger partial charge in [0, 0.05) is 0 Å². The van der Waals surface area contributed by atoms with Gasteiger partial charge in [0.25, 0.3) is 0 Å². The van der Waals surface area contributed by atoms with Crippen molar-refractivity contribution in [2.75, 3.05) is 24.5 Å². The molecule has 3 nitrogen and oxygen atoms in total. The van der Waals surface area contributed by atoms with Crippen LogP contribution in [-0.4, -0.2) is 36.2 Å². The van der Waals surface area contributed by atoms with E-state index in [0.717, 1.165) is 24.3 Å². The van der Waals surface area contributed by atoms with Crippen LogP contribution < -0.4 is 0 Å². The molecule has 16 heavy (non-hydrogen) atoms. The molecule has 0 aromatic rings. The number of carbonyl (C=O) groups is 2. The summed E-state index contributed by atoms with van der Waals surface area (Å²) in [5.41, 5.74) is 0.106. The minimum Gasteiger partial charge on any atom is -0.465 e. The van der Waals surface area contributed by atoms with Gasteiger partial charge >= 0.3 is 5.97 Å². The number of ether oxygens (including phenoxy) is 1. The third-order valence-electron chi connectivity index (χ3n) is 2.50. The number of alkyl halides is 1. The van der Waals surface area contributed by atoms with Gasteiger partial charge in [0.05, 0.1) is 13.0 Å². The molecule has 90 valence electrons. The monoisotopic (exact) mass is 262 g/mol. The molecule has 0 saturated carbocycles. The van der Waals surface area contributed by atoms with Crippen LogP contribution in [0.1, 0.15) is 12.8 Å². The number of allylic oxidation sites excluding steroid dienone is 1. The van der Waals surface area contributed by atoms with Crippen LogP contribution in [-0.2, 0) is 14.3 Å². The summed E-state index contributed by atoms with van der Waals surface area (Å²) in [6.45, 7) is 0. The van der Waals surface area contributed by atoms with Crippen molar-refractivity contribution in [1.29, 1.82) is 0 Å². The number of rotatable bonds is 4. The molecule has 0 amide bonds. The molecule has 0 radical (unpaired) electrons. The van der Waals surface area contributed by atoms with Crippen LogP contribution in [0, 0.1) is 5.92 Å². The Labute approximate surface area is 105 Å². The largest absolute Gasteiger partial charge is 0.465 e. The summed E-state index contributed by atoms with van der Waals surface area (Å²) in [7, 11) is 1.27. The SMILES string of the molecule is COC(=O)/C(=C\C1CCSCC1)C(=O)CCl. The standard InChI is InChI=1S/C11H15ClO3S/c1-15-11(14)9(10(13)7-12)6-8-2-4-16-5-3-8/h6,8H,2-5,7H2,1H3/b9-6-. The lowest BCUT2D eigenvalue weighted by Crippen LogP contribution is -2.18. The van der Waals surface area contributed by atoms with Gasteiger partial charge in [-0.3, -0.25) is 4.79 Å². The van der Waals surface area contributed by atoms with E-state index in [4.69, 9.17) is 11.6 Å². The van der Waals surface area contributed by atoms with Crippen LogP contribution >= 0.6 is 23.4 Å². The van der Waals surface area contributed by atoms with Crippen LogP contribution in [0.3, 0.4) is 0 Å². The zero-order valence-corrected chi connectivity index (χ0v) is 10.8. The molecule has 0 spiro atoms. The quantitative estimate of drug-likeness (QED) is 0.256. The first-order valence-corrected chi connectivity index (χ1v) is 6.85. The first kappa shape index (κ1) is 13.6. The van der Waals surface area contributed by atoms with E-state index in [0.29, 0.717) is 5.92 Å². The Morgan fingerprint density at radius 3 is 2.56 bits per heavy atom. The fourth-order valence-electron chi connectivity index (χ4n) is 1.57. The van der Waals surface area contributed by atoms with Gasteiger partial charge in [-0.15, -0.1) is 11.6 Å². The molecule has 1 fully saturated rings. The zero-order valence-electron chi connectivity index (χ0n) is 9.20. The van der Waals surface area contributed by atoms with E-state index in [9.17, 15) is 9.59 Å². The zero-order chi connectivity index (χ0) is 12.0. The highest BCUT2D eigenvalue weighted by molar-refractivity contribution is 7.99. The molecule has 1 heterocycles. The molecule has 0 unspecified atom stereocenters. The van der Waals surface area contributed by atoms with Gasteiger partial charge < -0.3 is 4.74 Å².